The summed E-state index contributed by atoms with van der Waals surface area (Å²) < 4.78 is 0. The van der Waals surface area contributed by atoms with Crippen molar-refractivity contribution in [3.05, 3.63) is 42.2 Å². The van der Waals surface area contributed by atoms with E-state index in [1.165, 1.54) is 6.42 Å². The van der Waals surface area contributed by atoms with Crippen LogP contribution in [0.2, 0.25) is 0 Å². The highest BCUT2D eigenvalue weighted by Crippen LogP contribution is 2.38. The summed E-state index contributed by atoms with van der Waals surface area (Å²) in [5.74, 6) is 0.415. The van der Waals surface area contributed by atoms with Crippen LogP contribution in [0.1, 0.15) is 31.1 Å². The van der Waals surface area contributed by atoms with Gasteiger partial charge in [0.25, 0.3) is 0 Å². The Morgan fingerprint density at radius 1 is 1.19 bits per heavy atom. The Bertz CT molecular complexity index is 500. The minimum atomic E-state index is -0.389. The van der Waals surface area contributed by atoms with Gasteiger partial charge in [-0.1, -0.05) is 30.7 Å². The van der Waals surface area contributed by atoms with E-state index in [-0.39, 0.29) is 6.10 Å². The molecular weight excluding hydrogens is 198 g/mol. The Kier molecular flexibility index (Phi) is 2.37. The van der Waals surface area contributed by atoms with Gasteiger partial charge < -0.3 is 5.11 Å². The van der Waals surface area contributed by atoms with Gasteiger partial charge in [-0.2, -0.15) is 0 Å². The molecular formula is C14H15NO. The zero-order valence-corrected chi connectivity index (χ0v) is 9.13. The van der Waals surface area contributed by atoms with Crippen LogP contribution in [0.3, 0.4) is 0 Å². The largest absolute Gasteiger partial charge is 0.386 e. The van der Waals surface area contributed by atoms with E-state index >= 15 is 0 Å². The molecule has 0 amide bonds. The van der Waals surface area contributed by atoms with Crippen LogP contribution in [-0.4, -0.2) is 10.1 Å². The van der Waals surface area contributed by atoms with Crippen LogP contribution in [0.25, 0.3) is 10.8 Å². The molecule has 1 aromatic carbocycles. The van der Waals surface area contributed by atoms with E-state index in [0.29, 0.717) is 5.92 Å². The Hall–Kier alpha value is -1.41. The van der Waals surface area contributed by atoms with E-state index < -0.39 is 0 Å². The van der Waals surface area contributed by atoms with Crippen molar-refractivity contribution in [2.24, 2.45) is 5.92 Å². The smallest absolute Gasteiger partial charge is 0.0994 e. The molecule has 1 saturated carbocycles. The number of nitrogens with zero attached hydrogens (tertiary/aromatic N) is 1. The molecule has 0 bridgehead atoms. The van der Waals surface area contributed by atoms with Crippen LogP contribution in [0.4, 0.5) is 0 Å². The van der Waals surface area contributed by atoms with Gasteiger partial charge in [-0.15, -0.1) is 0 Å². The molecule has 1 atom stereocenters. The standard InChI is InChI=1S/C14H15NO/c16-14(11-5-3-6-11)13-12-7-2-1-4-10(12)8-9-15-13/h1-2,4,7-9,11,14,16H,3,5-6H2. The fraction of sp³-hybridized carbons (Fsp3) is 0.357. The molecule has 1 aliphatic rings. The molecule has 2 heteroatoms. The van der Waals surface area contributed by atoms with Crippen molar-refractivity contribution < 1.29 is 5.11 Å². The lowest BCUT2D eigenvalue weighted by Crippen LogP contribution is -2.21. The van der Waals surface area contributed by atoms with Gasteiger partial charge in [0.05, 0.1) is 11.8 Å². The monoisotopic (exact) mass is 213 g/mol. The molecule has 3 rings (SSSR count). The highest BCUT2D eigenvalue weighted by Gasteiger charge is 2.28. The summed E-state index contributed by atoms with van der Waals surface area (Å²) >= 11 is 0. The highest BCUT2D eigenvalue weighted by atomic mass is 16.3. The molecule has 1 N–H and O–H groups in total. The van der Waals surface area contributed by atoms with Crippen molar-refractivity contribution in [2.75, 3.05) is 0 Å². The van der Waals surface area contributed by atoms with Gasteiger partial charge in [0.15, 0.2) is 0 Å². The van der Waals surface area contributed by atoms with Crippen LogP contribution in [0, 0.1) is 5.92 Å². The number of aliphatic hydroxyl groups is 1. The van der Waals surface area contributed by atoms with Crippen LogP contribution in [-0.2, 0) is 0 Å². The number of fused-ring (bicyclic) bond motifs is 1. The lowest BCUT2D eigenvalue weighted by molar-refractivity contribution is 0.0599. The van der Waals surface area contributed by atoms with E-state index in [9.17, 15) is 5.11 Å². The van der Waals surface area contributed by atoms with Gasteiger partial charge in [0, 0.05) is 11.6 Å². The highest BCUT2D eigenvalue weighted by molar-refractivity contribution is 5.84. The van der Waals surface area contributed by atoms with Crippen LogP contribution >= 0.6 is 0 Å². The SMILES string of the molecule is OC(c1nccc2ccccc12)C1CCC1. The molecule has 2 aromatic rings. The molecule has 16 heavy (non-hydrogen) atoms. The molecule has 0 radical (unpaired) electrons. The predicted octanol–water partition coefficient (Wildman–Crippen LogP) is 3.07. The zero-order valence-electron chi connectivity index (χ0n) is 9.13. The van der Waals surface area contributed by atoms with Gasteiger partial charge in [-0.25, -0.2) is 0 Å². The van der Waals surface area contributed by atoms with Crippen molar-refractivity contribution in [1.82, 2.24) is 4.98 Å². The second-order valence-corrected chi connectivity index (χ2v) is 4.55. The van der Waals surface area contributed by atoms with Crippen molar-refractivity contribution in [2.45, 2.75) is 25.4 Å². The topological polar surface area (TPSA) is 33.1 Å². The molecule has 1 fully saturated rings. The zero-order chi connectivity index (χ0) is 11.0. The summed E-state index contributed by atoms with van der Waals surface area (Å²) in [5, 5.41) is 12.5. The first kappa shape index (κ1) is 9.79. The van der Waals surface area contributed by atoms with E-state index in [2.05, 4.69) is 11.1 Å². The molecule has 1 heterocycles. The maximum Gasteiger partial charge on any atom is 0.0994 e. The average molecular weight is 213 g/mol. The fourth-order valence-electron chi connectivity index (χ4n) is 2.36. The van der Waals surface area contributed by atoms with Gasteiger partial charge in [-0.3, -0.25) is 4.98 Å². The summed E-state index contributed by atoms with van der Waals surface area (Å²) in [6, 6.07) is 10.1. The van der Waals surface area contributed by atoms with Gasteiger partial charge in [0.1, 0.15) is 0 Å². The third kappa shape index (κ3) is 1.50. The summed E-state index contributed by atoms with van der Waals surface area (Å²) in [6.07, 6.45) is 4.91. The lowest BCUT2D eigenvalue weighted by atomic mass is 9.79. The van der Waals surface area contributed by atoms with E-state index in [1.54, 1.807) is 6.20 Å². The number of aromatic nitrogens is 1. The van der Waals surface area contributed by atoms with Crippen molar-refractivity contribution in [1.29, 1.82) is 0 Å². The van der Waals surface area contributed by atoms with Crippen molar-refractivity contribution in [3.8, 4) is 0 Å². The van der Waals surface area contributed by atoms with Crippen LogP contribution in [0.15, 0.2) is 36.5 Å². The number of hydrogen-bond acceptors (Lipinski definition) is 2. The average Bonchev–Trinajstić information content (AvgIpc) is 2.26. The van der Waals surface area contributed by atoms with Gasteiger partial charge in [-0.05, 0) is 30.2 Å². The van der Waals surface area contributed by atoms with Gasteiger partial charge >= 0.3 is 0 Å². The number of pyridine rings is 1. The Morgan fingerprint density at radius 2 is 2.00 bits per heavy atom. The van der Waals surface area contributed by atoms with Crippen LogP contribution in [0.5, 0.6) is 0 Å². The number of rotatable bonds is 2. The Labute approximate surface area is 94.9 Å². The van der Waals surface area contributed by atoms with Crippen molar-refractivity contribution >= 4 is 10.8 Å². The minimum Gasteiger partial charge on any atom is -0.386 e. The van der Waals surface area contributed by atoms with Crippen molar-refractivity contribution in [3.63, 3.8) is 0 Å². The summed E-state index contributed by atoms with van der Waals surface area (Å²) in [5.41, 5.74) is 0.850. The lowest BCUT2D eigenvalue weighted by Gasteiger charge is -2.30. The predicted molar refractivity (Wildman–Crippen MR) is 64.0 cm³/mol. The number of aliphatic hydroxyl groups excluding tert-OH is 1. The third-order valence-corrected chi connectivity index (χ3v) is 3.58. The molecule has 0 aliphatic heterocycles. The fourth-order valence-corrected chi connectivity index (χ4v) is 2.36. The second kappa shape index (κ2) is 3.87. The third-order valence-electron chi connectivity index (χ3n) is 3.58. The summed E-state index contributed by atoms with van der Waals surface area (Å²) in [7, 11) is 0. The summed E-state index contributed by atoms with van der Waals surface area (Å²) in [4.78, 5) is 4.36. The molecule has 1 unspecified atom stereocenters. The van der Waals surface area contributed by atoms with Crippen LogP contribution < -0.4 is 0 Å². The maximum absolute atomic E-state index is 10.3. The molecule has 2 nitrogen and oxygen atoms in total. The molecule has 0 saturated heterocycles. The quantitative estimate of drug-likeness (QED) is 0.831. The number of hydrogen-bond donors (Lipinski definition) is 1. The molecule has 82 valence electrons. The van der Waals surface area contributed by atoms with E-state index in [0.717, 1.165) is 29.3 Å². The maximum atomic E-state index is 10.3. The summed E-state index contributed by atoms with van der Waals surface area (Å²) in [6.45, 7) is 0. The minimum absolute atomic E-state index is 0.389. The Balaban J connectivity index is 2.08. The molecule has 1 aliphatic carbocycles. The normalized spacial score (nSPS) is 18.3. The first-order valence-electron chi connectivity index (χ1n) is 5.88. The first-order valence-corrected chi connectivity index (χ1v) is 5.88. The number of benzene rings is 1. The molecule has 1 aromatic heterocycles. The Morgan fingerprint density at radius 3 is 2.75 bits per heavy atom. The first-order chi connectivity index (χ1) is 7.86. The molecule has 0 spiro atoms. The van der Waals surface area contributed by atoms with Gasteiger partial charge in [0.2, 0.25) is 0 Å². The second-order valence-electron chi connectivity index (χ2n) is 4.55. The van der Waals surface area contributed by atoms with E-state index in [4.69, 9.17) is 0 Å². The van der Waals surface area contributed by atoms with E-state index in [1.807, 2.05) is 24.3 Å².